The maximum atomic E-state index is 14.1. The molecule has 0 aliphatic carbocycles. The van der Waals surface area contributed by atoms with Crippen LogP contribution in [0.5, 0.6) is 0 Å². The number of hydrogen-bond acceptors (Lipinski definition) is 6. The van der Waals surface area contributed by atoms with Crippen LogP contribution in [0.15, 0.2) is 35.0 Å². The number of aromatic amines is 1. The number of carbonyl (C=O) groups is 1. The predicted octanol–water partition coefficient (Wildman–Crippen LogP) is 2.74. The fraction of sp³-hybridized carbons (Fsp3) is 0.350. The Kier molecular flexibility index (Phi) is 3.99. The van der Waals surface area contributed by atoms with Crippen LogP contribution in [0.2, 0.25) is 0 Å². The topological polar surface area (TPSA) is 105 Å². The number of halogens is 1. The van der Waals surface area contributed by atoms with Crippen LogP contribution in [0.25, 0.3) is 5.52 Å². The van der Waals surface area contributed by atoms with Crippen LogP contribution in [-0.2, 0) is 12.1 Å². The maximum Gasteiger partial charge on any atom is 0.312 e. The molecule has 0 fully saturated rings. The smallest absolute Gasteiger partial charge is 0.312 e. The summed E-state index contributed by atoms with van der Waals surface area (Å²) in [4.78, 5) is 22.5. The molecule has 9 nitrogen and oxygen atoms in total. The third-order valence-corrected chi connectivity index (χ3v) is 5.28. The van der Waals surface area contributed by atoms with Gasteiger partial charge in [-0.25, -0.2) is 13.9 Å². The van der Waals surface area contributed by atoms with E-state index in [1.807, 2.05) is 35.7 Å². The van der Waals surface area contributed by atoms with Gasteiger partial charge in [0.15, 0.2) is 5.67 Å². The second-order valence-corrected chi connectivity index (χ2v) is 7.88. The van der Waals surface area contributed by atoms with E-state index >= 15 is 0 Å². The fourth-order valence-corrected chi connectivity index (χ4v) is 3.77. The highest BCUT2D eigenvalue weighted by atomic mass is 19.1. The van der Waals surface area contributed by atoms with Gasteiger partial charge >= 0.3 is 11.8 Å². The van der Waals surface area contributed by atoms with Crippen LogP contribution in [0.4, 0.5) is 4.39 Å². The maximum absolute atomic E-state index is 14.1. The van der Waals surface area contributed by atoms with Gasteiger partial charge in [0.25, 0.3) is 5.89 Å². The van der Waals surface area contributed by atoms with Crippen molar-refractivity contribution in [3.8, 4) is 0 Å². The highest BCUT2D eigenvalue weighted by Crippen LogP contribution is 2.34. The van der Waals surface area contributed by atoms with Gasteiger partial charge in [0.2, 0.25) is 0 Å². The van der Waals surface area contributed by atoms with Crippen molar-refractivity contribution in [2.75, 3.05) is 6.54 Å². The zero-order valence-corrected chi connectivity index (χ0v) is 16.8. The number of nitrogens with zero attached hydrogens (tertiary/aromatic N) is 6. The lowest BCUT2D eigenvalue weighted by Gasteiger charge is -2.32. The van der Waals surface area contributed by atoms with Crippen molar-refractivity contribution in [3.05, 3.63) is 65.1 Å². The number of rotatable bonds is 3. The highest BCUT2D eigenvalue weighted by molar-refractivity contribution is 5.90. The number of hydrogen-bond donors (Lipinski definition) is 1. The van der Waals surface area contributed by atoms with E-state index in [0.29, 0.717) is 18.7 Å². The minimum atomic E-state index is -1.83. The zero-order chi connectivity index (χ0) is 21.0. The first-order valence-electron chi connectivity index (χ1n) is 9.64. The molecule has 0 radical (unpaired) electrons. The lowest BCUT2D eigenvalue weighted by atomic mass is 9.99. The number of nitrogens with one attached hydrogen (secondary N) is 1. The Morgan fingerprint density at radius 2 is 2.17 bits per heavy atom. The standard InChI is InChI=1S/C20H20FN7O2/c1-11-5-4-6-12-9-14(26-28(11)12)16-15-13(22-10-23-15)7-8-27(16)18(29)17-24-25-19(30-17)20(2,3)21/h4-6,9-10,16H,7-8H2,1-3H3,(H,22,23)/t16-/m1/s1. The van der Waals surface area contributed by atoms with Gasteiger partial charge in [0, 0.05) is 24.4 Å². The largest absolute Gasteiger partial charge is 0.413 e. The Labute approximate surface area is 170 Å². The van der Waals surface area contributed by atoms with E-state index in [9.17, 15) is 9.18 Å². The lowest BCUT2D eigenvalue weighted by molar-refractivity contribution is 0.0636. The summed E-state index contributed by atoms with van der Waals surface area (Å²) in [5.74, 6) is -0.965. The number of pyridine rings is 1. The normalized spacial score (nSPS) is 16.8. The van der Waals surface area contributed by atoms with Crippen LogP contribution < -0.4 is 0 Å². The molecule has 0 bridgehead atoms. The van der Waals surface area contributed by atoms with Crippen molar-refractivity contribution in [2.24, 2.45) is 0 Å². The molecule has 0 saturated heterocycles. The van der Waals surface area contributed by atoms with E-state index in [1.54, 1.807) is 11.2 Å². The first-order chi connectivity index (χ1) is 14.3. The van der Waals surface area contributed by atoms with Gasteiger partial charge in [0.05, 0.1) is 23.2 Å². The first kappa shape index (κ1) is 18.5. The molecule has 5 rings (SSSR count). The lowest BCUT2D eigenvalue weighted by Crippen LogP contribution is -2.41. The average Bonchev–Trinajstić information content (AvgIpc) is 3.44. The Morgan fingerprint density at radius 3 is 2.90 bits per heavy atom. The van der Waals surface area contributed by atoms with Crippen molar-refractivity contribution in [2.45, 2.75) is 38.9 Å². The molecule has 1 aliphatic rings. The Balaban J connectivity index is 1.59. The summed E-state index contributed by atoms with van der Waals surface area (Å²) in [6.07, 6.45) is 2.21. The molecule has 1 atom stereocenters. The van der Waals surface area contributed by atoms with Crippen LogP contribution in [0.3, 0.4) is 0 Å². The highest BCUT2D eigenvalue weighted by Gasteiger charge is 2.39. The SMILES string of the molecule is Cc1cccc2cc([C@@H]3c4nc[nH]c4CCN3C(=O)c3nnc(C(C)(C)F)o3)nn12. The molecule has 1 amide bonds. The van der Waals surface area contributed by atoms with Gasteiger partial charge in [-0.2, -0.15) is 5.10 Å². The van der Waals surface area contributed by atoms with Gasteiger partial charge in [-0.15, -0.1) is 10.2 Å². The van der Waals surface area contributed by atoms with E-state index in [4.69, 9.17) is 9.52 Å². The number of alkyl halides is 1. The number of fused-ring (bicyclic) bond motifs is 2. The molecule has 0 spiro atoms. The molecule has 0 unspecified atom stereocenters. The molecule has 30 heavy (non-hydrogen) atoms. The summed E-state index contributed by atoms with van der Waals surface area (Å²) in [7, 11) is 0. The van der Waals surface area contributed by atoms with Crippen LogP contribution in [0, 0.1) is 6.92 Å². The van der Waals surface area contributed by atoms with Crippen LogP contribution >= 0.6 is 0 Å². The number of amides is 1. The fourth-order valence-electron chi connectivity index (χ4n) is 3.77. The van der Waals surface area contributed by atoms with Gasteiger partial charge in [-0.3, -0.25) is 4.79 Å². The molecule has 0 aromatic carbocycles. The third kappa shape index (κ3) is 2.87. The van der Waals surface area contributed by atoms with Crippen molar-refractivity contribution in [3.63, 3.8) is 0 Å². The molecule has 10 heteroatoms. The molecule has 154 valence electrons. The van der Waals surface area contributed by atoms with Gasteiger partial charge < -0.3 is 14.3 Å². The average molecular weight is 409 g/mol. The number of H-pyrrole nitrogens is 1. The second-order valence-electron chi connectivity index (χ2n) is 7.88. The number of carbonyl (C=O) groups excluding carboxylic acids is 1. The Morgan fingerprint density at radius 1 is 1.33 bits per heavy atom. The molecule has 4 aromatic rings. The van der Waals surface area contributed by atoms with E-state index in [1.165, 1.54) is 13.8 Å². The van der Waals surface area contributed by atoms with Crippen molar-refractivity contribution >= 4 is 11.4 Å². The quantitative estimate of drug-likeness (QED) is 0.558. The van der Waals surface area contributed by atoms with E-state index in [2.05, 4.69) is 20.2 Å². The van der Waals surface area contributed by atoms with E-state index < -0.39 is 17.6 Å². The van der Waals surface area contributed by atoms with Crippen molar-refractivity contribution in [1.82, 2.24) is 34.7 Å². The van der Waals surface area contributed by atoms with Gasteiger partial charge in [-0.1, -0.05) is 6.07 Å². The Hall–Kier alpha value is -3.56. The molecule has 4 aromatic heterocycles. The van der Waals surface area contributed by atoms with Crippen molar-refractivity contribution < 1.29 is 13.6 Å². The van der Waals surface area contributed by atoms with Gasteiger partial charge in [-0.05, 0) is 39.0 Å². The van der Waals surface area contributed by atoms with Crippen LogP contribution in [0.1, 0.15) is 59.2 Å². The van der Waals surface area contributed by atoms with Crippen LogP contribution in [-0.4, -0.2) is 47.1 Å². The Bertz CT molecular complexity index is 1250. The molecule has 5 heterocycles. The summed E-state index contributed by atoms with van der Waals surface area (Å²) in [5.41, 5.74) is 2.41. The number of aryl methyl sites for hydroxylation is 1. The van der Waals surface area contributed by atoms with Crippen molar-refractivity contribution in [1.29, 1.82) is 0 Å². The molecular formula is C20H20FN7O2. The molecule has 1 N–H and O–H groups in total. The molecule has 1 aliphatic heterocycles. The second kappa shape index (κ2) is 6.48. The number of imidazole rings is 1. The summed E-state index contributed by atoms with van der Waals surface area (Å²) < 4.78 is 21.3. The summed E-state index contributed by atoms with van der Waals surface area (Å²) in [6, 6.07) is 7.29. The van der Waals surface area contributed by atoms with E-state index in [0.717, 1.165) is 22.6 Å². The third-order valence-electron chi connectivity index (χ3n) is 5.28. The molecular weight excluding hydrogens is 389 g/mol. The number of aromatic nitrogens is 6. The predicted molar refractivity (Wildman–Crippen MR) is 104 cm³/mol. The zero-order valence-electron chi connectivity index (χ0n) is 16.8. The minimum Gasteiger partial charge on any atom is -0.413 e. The minimum absolute atomic E-state index is 0.233. The van der Waals surface area contributed by atoms with E-state index in [-0.39, 0.29) is 11.8 Å². The summed E-state index contributed by atoms with van der Waals surface area (Å²) >= 11 is 0. The monoisotopic (exact) mass is 409 g/mol. The summed E-state index contributed by atoms with van der Waals surface area (Å²) in [5, 5.41) is 12.2. The molecule has 0 saturated carbocycles. The van der Waals surface area contributed by atoms with Gasteiger partial charge in [0.1, 0.15) is 6.04 Å². The first-order valence-corrected chi connectivity index (χ1v) is 9.64. The summed E-state index contributed by atoms with van der Waals surface area (Å²) in [6.45, 7) is 4.97.